The van der Waals surface area contributed by atoms with Gasteiger partial charge in [0.15, 0.2) is 11.3 Å². The minimum Gasteiger partial charge on any atom is -0.379 e. The number of carbonyl (C=O) groups is 1. The van der Waals surface area contributed by atoms with E-state index in [0.29, 0.717) is 18.2 Å². The van der Waals surface area contributed by atoms with Gasteiger partial charge in [-0.2, -0.15) is 5.26 Å². The van der Waals surface area contributed by atoms with Gasteiger partial charge in [-0.05, 0) is 6.42 Å². The Bertz CT molecular complexity index is 571. The minimum absolute atomic E-state index is 0. The zero-order valence-electron chi connectivity index (χ0n) is 14.3. The van der Waals surface area contributed by atoms with E-state index >= 15 is 0 Å². The van der Waals surface area contributed by atoms with Crippen LogP contribution in [0.1, 0.15) is 26.6 Å². The first-order valence-corrected chi connectivity index (χ1v) is 9.26. The molecule has 1 atom stereocenters. The number of hydrogen-bond acceptors (Lipinski definition) is 7. The van der Waals surface area contributed by atoms with Crippen LogP contribution in [-0.4, -0.2) is 60.1 Å². The fourth-order valence-electron chi connectivity index (χ4n) is 2.69. The smallest absolute Gasteiger partial charge is 0.231 e. The summed E-state index contributed by atoms with van der Waals surface area (Å²) in [6.07, 6.45) is 4.64. The summed E-state index contributed by atoms with van der Waals surface area (Å²) in [5.74, 6) is -0.156. The molecule has 2 saturated heterocycles. The Labute approximate surface area is 148 Å². The first-order chi connectivity index (χ1) is 11.7. The molecular weight excluding hydrogens is 326 g/mol. The number of nitrogens with one attached hydrogen (secondary N) is 1. The molecule has 0 aromatic carbocycles. The van der Waals surface area contributed by atoms with Crippen LogP contribution in [0.5, 0.6) is 0 Å². The van der Waals surface area contributed by atoms with Crippen molar-refractivity contribution < 1.29 is 11.0 Å². The third kappa shape index (κ3) is 5.16. The Morgan fingerprint density at radius 2 is 2.25 bits per heavy atom. The van der Waals surface area contributed by atoms with E-state index in [9.17, 15) is 4.79 Å². The van der Waals surface area contributed by atoms with E-state index in [1.54, 1.807) is 4.90 Å². The van der Waals surface area contributed by atoms with Crippen LogP contribution in [0.3, 0.4) is 0 Å². The minimum atomic E-state index is -0.119. The van der Waals surface area contributed by atoms with Crippen LogP contribution in [-0.2, 0) is 16.1 Å². The summed E-state index contributed by atoms with van der Waals surface area (Å²) in [6.45, 7) is 9.45. The molecule has 3 rings (SSSR count). The number of morpholine rings is 1. The topological polar surface area (TPSA) is 81.5 Å². The third-order valence-corrected chi connectivity index (χ3v) is 4.86. The maximum atomic E-state index is 12.2. The molecule has 2 aliphatic heterocycles. The van der Waals surface area contributed by atoms with Crippen molar-refractivity contribution in [1.29, 1.82) is 5.26 Å². The molecule has 1 amide bonds. The molecule has 3 heterocycles. The lowest BCUT2D eigenvalue weighted by Crippen LogP contribution is -2.35. The highest BCUT2D eigenvalue weighted by molar-refractivity contribution is 7.15. The molecule has 0 spiro atoms. The number of hydrogen-bond donors (Lipinski definition) is 1. The predicted octanol–water partition coefficient (Wildman–Crippen LogP) is 1.99. The van der Waals surface area contributed by atoms with Crippen molar-refractivity contribution in [3.8, 4) is 6.19 Å². The van der Waals surface area contributed by atoms with E-state index in [4.69, 9.17) is 10.00 Å². The molecule has 134 valence electrons. The number of amides is 1. The molecule has 1 aromatic rings. The van der Waals surface area contributed by atoms with Gasteiger partial charge in [-0.1, -0.05) is 13.8 Å². The maximum Gasteiger partial charge on any atom is 0.231 e. The second-order valence-corrected chi connectivity index (χ2v) is 6.66. The van der Waals surface area contributed by atoms with Crippen molar-refractivity contribution in [2.24, 2.45) is 5.92 Å². The first kappa shape index (κ1) is 18.6. The van der Waals surface area contributed by atoms with Gasteiger partial charge in [-0.25, -0.2) is 4.98 Å². The Hall–Kier alpha value is -1.69. The van der Waals surface area contributed by atoms with Crippen molar-refractivity contribution >= 4 is 22.4 Å². The number of nitrogens with zero attached hydrogens (tertiary/aromatic N) is 4. The van der Waals surface area contributed by atoms with Gasteiger partial charge in [0.25, 0.3) is 0 Å². The quantitative estimate of drug-likeness (QED) is 0.834. The summed E-state index contributed by atoms with van der Waals surface area (Å²) in [6, 6.07) is 0. The number of ether oxygens (including phenoxy) is 1. The number of anilines is 1. The van der Waals surface area contributed by atoms with Crippen molar-refractivity contribution in [1.82, 2.24) is 14.8 Å². The average Bonchev–Trinajstić information content (AvgIpc) is 3.27. The van der Waals surface area contributed by atoms with Crippen molar-refractivity contribution in [3.05, 3.63) is 11.1 Å². The molecule has 2 fully saturated rings. The summed E-state index contributed by atoms with van der Waals surface area (Å²) in [4.78, 5) is 21.5. The molecule has 0 bridgehead atoms. The second-order valence-electron chi connectivity index (χ2n) is 5.54. The summed E-state index contributed by atoms with van der Waals surface area (Å²) in [5.41, 5.74) is 0. The van der Waals surface area contributed by atoms with Crippen LogP contribution in [0.4, 0.5) is 5.13 Å². The number of aromatic nitrogens is 1. The van der Waals surface area contributed by atoms with Crippen molar-refractivity contribution in [2.45, 2.75) is 26.8 Å². The molecule has 0 aliphatic carbocycles. The van der Waals surface area contributed by atoms with Crippen LogP contribution in [0.25, 0.3) is 0 Å². The van der Waals surface area contributed by atoms with E-state index in [0.717, 1.165) is 44.1 Å². The molecular formula is C16H27N5O2S. The fraction of sp³-hybridized carbons (Fsp3) is 0.688. The van der Waals surface area contributed by atoms with Crippen LogP contribution in [0, 0.1) is 17.4 Å². The molecule has 2 aliphatic rings. The lowest BCUT2D eigenvalue weighted by molar-refractivity contribution is -0.119. The molecule has 7 nitrogen and oxygen atoms in total. The summed E-state index contributed by atoms with van der Waals surface area (Å²) >= 11 is 1.52. The summed E-state index contributed by atoms with van der Waals surface area (Å²) in [5, 5.41) is 12.4. The highest BCUT2D eigenvalue weighted by Gasteiger charge is 2.28. The number of carbonyl (C=O) groups excluding carboxylic acids is 1. The van der Waals surface area contributed by atoms with Gasteiger partial charge in [-0.15, -0.1) is 11.3 Å². The van der Waals surface area contributed by atoms with Gasteiger partial charge in [0.1, 0.15) is 0 Å². The molecule has 1 unspecified atom stereocenters. The average molecular weight is 353 g/mol. The lowest BCUT2D eigenvalue weighted by Gasteiger charge is -2.25. The van der Waals surface area contributed by atoms with E-state index in [-0.39, 0.29) is 13.3 Å². The predicted molar refractivity (Wildman–Crippen MR) is 95.6 cm³/mol. The van der Waals surface area contributed by atoms with Gasteiger partial charge in [0.05, 0.1) is 19.1 Å². The summed E-state index contributed by atoms with van der Waals surface area (Å²) < 4.78 is 5.33. The number of nitriles is 1. The molecule has 24 heavy (non-hydrogen) atoms. The summed E-state index contributed by atoms with van der Waals surface area (Å²) in [7, 11) is 0. The Morgan fingerprint density at radius 3 is 2.92 bits per heavy atom. The fourth-order valence-corrected chi connectivity index (χ4v) is 3.55. The largest absolute Gasteiger partial charge is 0.379 e. The number of rotatable bonds is 4. The Kier molecular flexibility index (Phi) is 7.43. The third-order valence-electron chi connectivity index (χ3n) is 3.97. The molecule has 0 saturated carbocycles. The first-order valence-electron chi connectivity index (χ1n) is 8.45. The molecule has 1 N–H and O–H groups in total. The van der Waals surface area contributed by atoms with Gasteiger partial charge in [-0.3, -0.25) is 9.69 Å². The van der Waals surface area contributed by atoms with E-state index in [1.165, 1.54) is 11.3 Å². The zero-order valence-corrected chi connectivity index (χ0v) is 15.1. The van der Waals surface area contributed by atoms with E-state index in [1.807, 2.05) is 20.0 Å². The normalized spacial score (nSPS) is 20.9. The van der Waals surface area contributed by atoms with E-state index < -0.39 is 0 Å². The highest BCUT2D eigenvalue weighted by atomic mass is 32.1. The van der Waals surface area contributed by atoms with Gasteiger partial charge in [0, 0.05) is 45.2 Å². The standard InChI is InChI=1S/C14H19N5O2S.C2H6.H2/c15-10-19-2-1-11(8-19)13(20)17-14-16-7-12(22-14)9-18-3-5-21-6-4-18;1-2;/h7,11H,1-6,8-9H2,(H,16,17,20);1-2H3;1H. The SMILES string of the molecule is CC.N#CN1CCC(C(=O)Nc2ncc(CN3CCOCC3)s2)C1.[HH]. The Balaban J connectivity index is 0.00000101. The molecule has 0 radical (unpaired) electrons. The highest BCUT2D eigenvalue weighted by Crippen LogP contribution is 2.22. The number of likely N-dealkylation sites (tertiary alicyclic amines) is 1. The Morgan fingerprint density at radius 1 is 1.50 bits per heavy atom. The molecule has 8 heteroatoms. The van der Waals surface area contributed by atoms with Crippen LogP contribution < -0.4 is 5.32 Å². The van der Waals surface area contributed by atoms with Crippen molar-refractivity contribution in [3.63, 3.8) is 0 Å². The van der Waals surface area contributed by atoms with Gasteiger partial charge in [0.2, 0.25) is 5.91 Å². The van der Waals surface area contributed by atoms with Crippen LogP contribution in [0.15, 0.2) is 6.20 Å². The number of thiazole rings is 1. The zero-order chi connectivity index (χ0) is 17.4. The van der Waals surface area contributed by atoms with Gasteiger partial charge < -0.3 is 15.0 Å². The van der Waals surface area contributed by atoms with E-state index in [2.05, 4.69) is 21.4 Å². The molecule has 1 aromatic heterocycles. The van der Waals surface area contributed by atoms with Crippen molar-refractivity contribution in [2.75, 3.05) is 44.7 Å². The van der Waals surface area contributed by atoms with Crippen LogP contribution >= 0.6 is 11.3 Å². The maximum absolute atomic E-state index is 12.2. The lowest BCUT2D eigenvalue weighted by atomic mass is 10.1. The van der Waals surface area contributed by atoms with Gasteiger partial charge >= 0.3 is 0 Å². The second kappa shape index (κ2) is 9.57. The van der Waals surface area contributed by atoms with Crippen LogP contribution in [0.2, 0.25) is 0 Å². The monoisotopic (exact) mass is 353 g/mol.